The van der Waals surface area contributed by atoms with Crippen LogP contribution in [0, 0.1) is 4.91 Å². The fourth-order valence-electron chi connectivity index (χ4n) is 0.0831. The highest BCUT2D eigenvalue weighted by atomic mass is 16.3. The van der Waals surface area contributed by atoms with E-state index in [1.165, 1.54) is 6.92 Å². The van der Waals surface area contributed by atoms with E-state index < -0.39 is 11.9 Å². The number of carbonyl (C=O) groups excluding carboxylic acids is 1. The van der Waals surface area contributed by atoms with Crippen molar-refractivity contribution in [2.75, 3.05) is 0 Å². The van der Waals surface area contributed by atoms with Crippen molar-refractivity contribution in [3.05, 3.63) is 4.91 Å². The minimum absolute atomic E-state index is 0.752. The van der Waals surface area contributed by atoms with Gasteiger partial charge in [0.15, 0.2) is 0 Å². The van der Waals surface area contributed by atoms with Gasteiger partial charge in [-0.05, 0) is 6.92 Å². The van der Waals surface area contributed by atoms with Gasteiger partial charge in [-0.25, -0.2) is 0 Å². The summed E-state index contributed by atoms with van der Waals surface area (Å²) in [5.74, 6) is -0.806. The largest absolute Gasteiger partial charge is 0.320 e. The number of nitroso groups, excluding NO2 is 1. The number of nitrogens with two attached hydrogens (primary N) is 1. The Bertz CT molecular complexity index is 88.9. The van der Waals surface area contributed by atoms with Gasteiger partial charge in [-0.1, -0.05) is 0 Å². The lowest BCUT2D eigenvalue weighted by Crippen LogP contribution is -2.24. The molecule has 1 unspecified atom stereocenters. The van der Waals surface area contributed by atoms with E-state index >= 15 is 0 Å². The van der Waals surface area contributed by atoms with Crippen LogP contribution in [0.1, 0.15) is 6.92 Å². The molecule has 0 spiro atoms. The third-order valence-corrected chi connectivity index (χ3v) is 0.479. The minimum atomic E-state index is -0.806. The Labute approximate surface area is 40.7 Å². The van der Waals surface area contributed by atoms with Crippen LogP contribution in [-0.4, -0.2) is 11.9 Å². The van der Waals surface area contributed by atoms with Crippen LogP contribution in [0.25, 0.3) is 0 Å². The van der Waals surface area contributed by atoms with Gasteiger partial charge >= 0.3 is 5.91 Å². The van der Waals surface area contributed by atoms with E-state index in [9.17, 15) is 9.70 Å². The molecule has 0 heterocycles. The van der Waals surface area contributed by atoms with Gasteiger partial charge < -0.3 is 5.73 Å². The van der Waals surface area contributed by atoms with Gasteiger partial charge in [-0.15, -0.1) is 4.91 Å². The number of carbonyl (C=O) groups is 1. The van der Waals surface area contributed by atoms with Crippen LogP contribution in [0.2, 0.25) is 0 Å². The van der Waals surface area contributed by atoms with Gasteiger partial charge in [0.1, 0.15) is 0 Å². The molecule has 1 atom stereocenters. The van der Waals surface area contributed by atoms with E-state index in [4.69, 9.17) is 5.73 Å². The Balaban J connectivity index is 3.56. The van der Waals surface area contributed by atoms with Crippen LogP contribution in [0.4, 0.5) is 0 Å². The Morgan fingerprint density at radius 1 is 1.86 bits per heavy atom. The smallest absolute Gasteiger partial charge is 0.302 e. The summed E-state index contributed by atoms with van der Waals surface area (Å²) in [5, 5.41) is 2.07. The third kappa shape index (κ3) is 1.99. The van der Waals surface area contributed by atoms with Crippen molar-refractivity contribution in [1.29, 1.82) is 0 Å². The molecule has 7 heavy (non-hydrogen) atoms. The highest BCUT2D eigenvalue weighted by Gasteiger charge is 2.04. The maximum absolute atomic E-state index is 9.91. The molecule has 4 nitrogen and oxygen atoms in total. The number of hydrogen-bond donors (Lipinski definition) is 1. The zero-order valence-electron chi connectivity index (χ0n) is 3.92. The fourth-order valence-corrected chi connectivity index (χ4v) is 0.0831. The Morgan fingerprint density at radius 2 is 2.29 bits per heavy atom. The standard InChI is InChI=1S/C3H6N2O2/c1-2(4)3(6)5-7/h2H,4H2,1H3. The van der Waals surface area contributed by atoms with Gasteiger partial charge in [0, 0.05) is 5.18 Å². The molecule has 0 bridgehead atoms. The molecule has 4 heteroatoms. The summed E-state index contributed by atoms with van der Waals surface area (Å²) >= 11 is 0. The highest BCUT2D eigenvalue weighted by Crippen LogP contribution is 1.77. The molecule has 0 fully saturated rings. The first-order chi connectivity index (χ1) is 3.18. The van der Waals surface area contributed by atoms with Crippen molar-refractivity contribution in [2.24, 2.45) is 10.9 Å². The number of amides is 1. The first kappa shape index (κ1) is 6.23. The van der Waals surface area contributed by atoms with Crippen molar-refractivity contribution in [1.82, 2.24) is 0 Å². The maximum Gasteiger partial charge on any atom is 0.302 e. The van der Waals surface area contributed by atoms with E-state index in [-0.39, 0.29) is 0 Å². The Kier molecular flexibility index (Phi) is 2.15. The summed E-state index contributed by atoms with van der Waals surface area (Å²) in [7, 11) is 0. The molecule has 0 saturated carbocycles. The van der Waals surface area contributed by atoms with Crippen LogP contribution in [-0.2, 0) is 4.79 Å². The molecule has 40 valence electrons. The number of nitrogens with zero attached hydrogens (tertiary/aromatic N) is 1. The van der Waals surface area contributed by atoms with Crippen LogP contribution in [0.15, 0.2) is 5.18 Å². The van der Waals surface area contributed by atoms with Gasteiger partial charge in [0.05, 0.1) is 6.04 Å². The monoisotopic (exact) mass is 102 g/mol. The average Bonchev–Trinajstić information content (AvgIpc) is 1.65. The molecule has 0 aromatic rings. The molecule has 0 aliphatic heterocycles. The summed E-state index contributed by atoms with van der Waals surface area (Å²) in [4.78, 5) is 19.2. The van der Waals surface area contributed by atoms with E-state index in [2.05, 4.69) is 5.18 Å². The maximum atomic E-state index is 9.91. The predicted octanol–water partition coefficient (Wildman–Crippen LogP) is -0.373. The van der Waals surface area contributed by atoms with Crippen molar-refractivity contribution >= 4 is 5.91 Å². The minimum Gasteiger partial charge on any atom is -0.320 e. The highest BCUT2D eigenvalue weighted by molar-refractivity contribution is 5.81. The SMILES string of the molecule is CC(N)C(=O)N=O. The second-order valence-corrected chi connectivity index (χ2v) is 1.22. The topological polar surface area (TPSA) is 72.5 Å². The number of rotatable bonds is 1. The lowest BCUT2D eigenvalue weighted by Gasteiger charge is -1.89. The van der Waals surface area contributed by atoms with E-state index in [0.717, 1.165) is 0 Å². The lowest BCUT2D eigenvalue weighted by atomic mass is 10.4. The Hall–Kier alpha value is -0.770. The summed E-state index contributed by atoms with van der Waals surface area (Å²) in [6, 6.07) is -0.752. The van der Waals surface area contributed by atoms with Crippen LogP contribution >= 0.6 is 0 Å². The van der Waals surface area contributed by atoms with Gasteiger partial charge in [-0.3, -0.25) is 4.79 Å². The molecule has 1 amide bonds. The fraction of sp³-hybridized carbons (Fsp3) is 0.667. The zero-order valence-corrected chi connectivity index (χ0v) is 3.92. The van der Waals surface area contributed by atoms with Gasteiger partial charge in [0.2, 0.25) is 0 Å². The van der Waals surface area contributed by atoms with Crippen molar-refractivity contribution in [3.63, 3.8) is 0 Å². The van der Waals surface area contributed by atoms with Crippen molar-refractivity contribution < 1.29 is 4.79 Å². The quantitative estimate of drug-likeness (QED) is 0.459. The first-order valence-corrected chi connectivity index (χ1v) is 1.81. The molecule has 0 saturated heterocycles. The van der Waals surface area contributed by atoms with E-state index in [1.807, 2.05) is 0 Å². The normalized spacial score (nSPS) is 12.9. The Morgan fingerprint density at radius 3 is 2.29 bits per heavy atom. The van der Waals surface area contributed by atoms with Gasteiger partial charge in [-0.2, -0.15) is 0 Å². The molecule has 0 rings (SSSR count). The molecular formula is C3H6N2O2. The lowest BCUT2D eigenvalue weighted by molar-refractivity contribution is -0.118. The zero-order chi connectivity index (χ0) is 5.86. The molecule has 0 radical (unpaired) electrons. The first-order valence-electron chi connectivity index (χ1n) is 1.81. The van der Waals surface area contributed by atoms with Crippen molar-refractivity contribution in [3.8, 4) is 0 Å². The van der Waals surface area contributed by atoms with Crippen LogP contribution in [0.3, 0.4) is 0 Å². The van der Waals surface area contributed by atoms with Crippen molar-refractivity contribution in [2.45, 2.75) is 13.0 Å². The predicted molar refractivity (Wildman–Crippen MR) is 24.5 cm³/mol. The summed E-state index contributed by atoms with van der Waals surface area (Å²) in [5.41, 5.74) is 4.90. The van der Waals surface area contributed by atoms with Crippen LogP contribution in [0.5, 0.6) is 0 Å². The third-order valence-electron chi connectivity index (χ3n) is 0.479. The summed E-state index contributed by atoms with van der Waals surface area (Å²) < 4.78 is 0. The molecule has 2 N–H and O–H groups in total. The molecular weight excluding hydrogens is 96.0 g/mol. The molecule has 0 aliphatic carbocycles. The number of hydrogen-bond acceptors (Lipinski definition) is 3. The van der Waals surface area contributed by atoms with E-state index in [0.29, 0.717) is 0 Å². The van der Waals surface area contributed by atoms with E-state index in [1.54, 1.807) is 0 Å². The molecule has 0 aliphatic rings. The average molecular weight is 102 g/mol. The summed E-state index contributed by atoms with van der Waals surface area (Å²) in [6.07, 6.45) is 0. The second-order valence-electron chi connectivity index (χ2n) is 1.22. The molecule has 0 aromatic carbocycles. The second kappa shape index (κ2) is 2.41. The summed E-state index contributed by atoms with van der Waals surface area (Å²) in [6.45, 7) is 1.41. The molecule has 0 aromatic heterocycles. The van der Waals surface area contributed by atoms with Gasteiger partial charge in [0.25, 0.3) is 0 Å². The van der Waals surface area contributed by atoms with Crippen LogP contribution < -0.4 is 5.73 Å².